The molecule has 0 aromatic heterocycles. The van der Waals surface area contributed by atoms with Crippen molar-refractivity contribution in [1.29, 1.82) is 0 Å². The van der Waals surface area contributed by atoms with E-state index in [1.165, 1.54) is 24.6 Å². The summed E-state index contributed by atoms with van der Waals surface area (Å²) in [6, 6.07) is 4.35. The number of nitrogens with one attached hydrogen (secondary N) is 1. The number of rotatable bonds is 3. The molecule has 1 N–H and O–H groups in total. The summed E-state index contributed by atoms with van der Waals surface area (Å²) in [7, 11) is 0. The Morgan fingerprint density at radius 2 is 1.95 bits per heavy atom. The van der Waals surface area contributed by atoms with Gasteiger partial charge in [-0.2, -0.15) is 0 Å². The smallest absolute Gasteiger partial charge is 0.127 e. The minimum Gasteiger partial charge on any atom is -0.315 e. The molecular formula is C15H21F2N3. The van der Waals surface area contributed by atoms with Crippen LogP contribution >= 0.6 is 0 Å². The number of nitrogens with zero attached hydrogens (tertiary/aromatic N) is 2. The van der Waals surface area contributed by atoms with Gasteiger partial charge in [-0.1, -0.05) is 0 Å². The number of hydrogen-bond donors (Lipinski definition) is 1. The summed E-state index contributed by atoms with van der Waals surface area (Å²) in [6.07, 6.45) is 1.22. The van der Waals surface area contributed by atoms with Gasteiger partial charge in [-0.3, -0.25) is 9.80 Å². The summed E-state index contributed by atoms with van der Waals surface area (Å²) in [6.45, 7) is 6.57. The van der Waals surface area contributed by atoms with Gasteiger partial charge in [0.15, 0.2) is 0 Å². The first kappa shape index (κ1) is 13.9. The van der Waals surface area contributed by atoms with Crippen molar-refractivity contribution in [2.24, 2.45) is 0 Å². The predicted molar refractivity (Wildman–Crippen MR) is 74.5 cm³/mol. The lowest BCUT2D eigenvalue weighted by molar-refractivity contribution is 0.0973. The quantitative estimate of drug-likeness (QED) is 0.904. The summed E-state index contributed by atoms with van der Waals surface area (Å²) < 4.78 is 26.8. The second kappa shape index (κ2) is 6.16. The minimum absolute atomic E-state index is 0.311. The fraction of sp³-hybridized carbons (Fsp3) is 0.600. The van der Waals surface area contributed by atoms with Crippen LogP contribution in [-0.4, -0.2) is 55.1 Å². The molecule has 0 bridgehead atoms. The van der Waals surface area contributed by atoms with Crippen LogP contribution in [0.15, 0.2) is 18.2 Å². The van der Waals surface area contributed by atoms with Gasteiger partial charge in [0.1, 0.15) is 11.6 Å². The number of halogens is 2. The lowest BCUT2D eigenvalue weighted by atomic mass is 10.1. The summed E-state index contributed by atoms with van der Waals surface area (Å²) in [5.74, 6) is -0.675. The van der Waals surface area contributed by atoms with Crippen molar-refractivity contribution in [3.8, 4) is 0 Å². The maximum Gasteiger partial charge on any atom is 0.127 e. The first-order valence-electron chi connectivity index (χ1n) is 7.33. The highest BCUT2D eigenvalue weighted by Gasteiger charge is 2.26. The van der Waals surface area contributed by atoms with Crippen LogP contribution < -0.4 is 5.32 Å². The van der Waals surface area contributed by atoms with Crippen LogP contribution in [0.1, 0.15) is 12.0 Å². The van der Waals surface area contributed by atoms with Crippen LogP contribution in [-0.2, 0) is 6.54 Å². The molecule has 0 radical (unpaired) electrons. The zero-order valence-electron chi connectivity index (χ0n) is 11.6. The number of benzene rings is 1. The Morgan fingerprint density at radius 3 is 2.65 bits per heavy atom. The summed E-state index contributed by atoms with van der Waals surface area (Å²) in [5.41, 5.74) is 0.459. The van der Waals surface area contributed by atoms with E-state index in [-0.39, 0.29) is 11.6 Å². The molecule has 1 aromatic rings. The third-order valence-corrected chi connectivity index (χ3v) is 4.36. The largest absolute Gasteiger partial charge is 0.315 e. The monoisotopic (exact) mass is 281 g/mol. The minimum atomic E-state index is -0.364. The van der Waals surface area contributed by atoms with E-state index >= 15 is 0 Å². The first-order valence-corrected chi connectivity index (χ1v) is 7.33. The van der Waals surface area contributed by atoms with E-state index in [1.807, 2.05) is 0 Å². The molecule has 1 atom stereocenters. The third-order valence-electron chi connectivity index (χ3n) is 4.36. The van der Waals surface area contributed by atoms with Crippen molar-refractivity contribution in [3.63, 3.8) is 0 Å². The number of piperazine rings is 1. The molecule has 1 aromatic carbocycles. The van der Waals surface area contributed by atoms with Gasteiger partial charge in [0.2, 0.25) is 0 Å². The standard InChI is InChI=1S/C15H21F2N3/c16-13-1-2-15(17)12(9-13)11-19-5-7-20(8-6-19)14-3-4-18-10-14/h1-2,9,14,18H,3-8,10-11H2. The topological polar surface area (TPSA) is 18.5 Å². The lowest BCUT2D eigenvalue weighted by Gasteiger charge is -2.37. The van der Waals surface area contributed by atoms with Crippen LogP contribution in [0.5, 0.6) is 0 Å². The van der Waals surface area contributed by atoms with Crippen molar-refractivity contribution in [2.45, 2.75) is 19.0 Å². The Labute approximate surface area is 118 Å². The molecule has 2 heterocycles. The first-order chi connectivity index (χ1) is 9.72. The van der Waals surface area contributed by atoms with Gasteiger partial charge in [0.25, 0.3) is 0 Å². The van der Waals surface area contributed by atoms with Crippen LogP contribution in [0.2, 0.25) is 0 Å². The second-order valence-electron chi connectivity index (χ2n) is 5.69. The van der Waals surface area contributed by atoms with Gasteiger partial charge < -0.3 is 5.32 Å². The maximum absolute atomic E-state index is 13.6. The fourth-order valence-electron chi connectivity index (χ4n) is 3.14. The normalized spacial score (nSPS) is 25.2. The zero-order valence-corrected chi connectivity index (χ0v) is 11.6. The number of hydrogen-bond acceptors (Lipinski definition) is 3. The summed E-state index contributed by atoms with van der Waals surface area (Å²) >= 11 is 0. The molecule has 3 rings (SSSR count). The Bertz CT molecular complexity index is 452. The molecule has 5 heteroatoms. The van der Waals surface area contributed by atoms with Crippen LogP contribution in [0.25, 0.3) is 0 Å². The van der Waals surface area contributed by atoms with Gasteiger partial charge in [0.05, 0.1) is 0 Å². The average molecular weight is 281 g/mol. The highest BCUT2D eigenvalue weighted by atomic mass is 19.1. The molecule has 0 amide bonds. The van der Waals surface area contributed by atoms with E-state index in [0.717, 1.165) is 39.3 Å². The van der Waals surface area contributed by atoms with Crippen molar-refractivity contribution in [2.75, 3.05) is 39.3 Å². The van der Waals surface area contributed by atoms with E-state index in [0.29, 0.717) is 18.2 Å². The van der Waals surface area contributed by atoms with Crippen LogP contribution in [0.4, 0.5) is 8.78 Å². The van der Waals surface area contributed by atoms with Crippen molar-refractivity contribution in [1.82, 2.24) is 15.1 Å². The molecule has 2 aliphatic heterocycles. The zero-order chi connectivity index (χ0) is 13.9. The average Bonchev–Trinajstić information content (AvgIpc) is 2.98. The van der Waals surface area contributed by atoms with E-state index in [4.69, 9.17) is 0 Å². The van der Waals surface area contributed by atoms with Crippen LogP contribution in [0, 0.1) is 11.6 Å². The Balaban J connectivity index is 1.54. The van der Waals surface area contributed by atoms with Crippen LogP contribution in [0.3, 0.4) is 0 Å². The molecule has 3 nitrogen and oxygen atoms in total. The highest BCUT2D eigenvalue weighted by molar-refractivity contribution is 5.18. The molecule has 20 heavy (non-hydrogen) atoms. The molecule has 0 spiro atoms. The van der Waals surface area contributed by atoms with E-state index < -0.39 is 0 Å². The van der Waals surface area contributed by atoms with Gasteiger partial charge in [0, 0.05) is 50.9 Å². The molecule has 110 valence electrons. The van der Waals surface area contributed by atoms with E-state index in [9.17, 15) is 8.78 Å². The van der Waals surface area contributed by atoms with Crippen molar-refractivity contribution < 1.29 is 8.78 Å². The van der Waals surface area contributed by atoms with E-state index in [2.05, 4.69) is 15.1 Å². The second-order valence-corrected chi connectivity index (χ2v) is 5.69. The van der Waals surface area contributed by atoms with E-state index in [1.54, 1.807) is 0 Å². The summed E-state index contributed by atoms with van der Waals surface area (Å²) in [4.78, 5) is 4.72. The molecular weight excluding hydrogens is 260 g/mol. The van der Waals surface area contributed by atoms with Crippen molar-refractivity contribution >= 4 is 0 Å². The molecule has 2 aliphatic rings. The molecule has 0 saturated carbocycles. The Morgan fingerprint density at radius 1 is 1.15 bits per heavy atom. The third kappa shape index (κ3) is 3.16. The van der Waals surface area contributed by atoms with Gasteiger partial charge >= 0.3 is 0 Å². The molecule has 1 unspecified atom stereocenters. The molecule has 0 aliphatic carbocycles. The molecule has 2 saturated heterocycles. The fourth-order valence-corrected chi connectivity index (χ4v) is 3.14. The Hall–Kier alpha value is -1.04. The lowest BCUT2D eigenvalue weighted by Crippen LogP contribution is -2.50. The highest BCUT2D eigenvalue weighted by Crippen LogP contribution is 2.16. The van der Waals surface area contributed by atoms with Gasteiger partial charge in [-0.25, -0.2) is 8.78 Å². The predicted octanol–water partition coefficient (Wildman–Crippen LogP) is 1.44. The maximum atomic E-state index is 13.6. The SMILES string of the molecule is Fc1ccc(F)c(CN2CCN(C3CCNC3)CC2)c1. The van der Waals surface area contributed by atoms with Gasteiger partial charge in [-0.05, 0) is 31.2 Å². The van der Waals surface area contributed by atoms with Crippen molar-refractivity contribution in [3.05, 3.63) is 35.4 Å². The summed E-state index contributed by atoms with van der Waals surface area (Å²) in [5, 5.41) is 3.39. The molecule has 2 fully saturated rings. The Kier molecular flexibility index (Phi) is 4.29. The van der Waals surface area contributed by atoms with Gasteiger partial charge in [-0.15, -0.1) is 0 Å².